The van der Waals surface area contributed by atoms with E-state index in [1.54, 1.807) is 6.07 Å². The average Bonchev–Trinajstić information content (AvgIpc) is 3.30. The van der Waals surface area contributed by atoms with Crippen molar-refractivity contribution in [1.82, 2.24) is 24.6 Å². The van der Waals surface area contributed by atoms with Gasteiger partial charge in [0.25, 0.3) is 5.91 Å². The molecule has 1 N–H and O–H groups in total. The Hall–Kier alpha value is -3.46. The highest BCUT2D eigenvalue weighted by molar-refractivity contribution is 6.01. The summed E-state index contributed by atoms with van der Waals surface area (Å²) >= 11 is 0. The minimum Gasteiger partial charge on any atom is -0.477 e. The zero-order chi connectivity index (χ0) is 27.7. The molecule has 1 aliphatic carbocycles. The molecule has 2 aliphatic rings. The molecule has 208 valence electrons. The summed E-state index contributed by atoms with van der Waals surface area (Å²) in [7, 11) is 4.17. The van der Waals surface area contributed by atoms with Gasteiger partial charge in [-0.15, -0.1) is 5.10 Å². The molecule has 9 nitrogen and oxygen atoms in total. The predicted molar refractivity (Wildman–Crippen MR) is 150 cm³/mol. The third-order valence-corrected chi connectivity index (χ3v) is 8.04. The first-order valence-corrected chi connectivity index (χ1v) is 14.1. The second-order valence-electron chi connectivity index (χ2n) is 11.3. The highest BCUT2D eigenvalue weighted by Crippen LogP contribution is 2.39. The molecule has 1 amide bonds. The molecule has 39 heavy (non-hydrogen) atoms. The molecule has 9 heteroatoms. The van der Waals surface area contributed by atoms with Crippen LogP contribution >= 0.6 is 0 Å². The van der Waals surface area contributed by atoms with Crippen molar-refractivity contribution in [2.75, 3.05) is 27.2 Å². The normalized spacial score (nSPS) is 17.3. The van der Waals surface area contributed by atoms with Gasteiger partial charge in [0.2, 0.25) is 5.88 Å². The molecule has 1 aromatic carbocycles. The van der Waals surface area contributed by atoms with E-state index in [1.807, 2.05) is 47.7 Å². The predicted octanol–water partition coefficient (Wildman–Crippen LogP) is 5.26. The van der Waals surface area contributed by atoms with Crippen LogP contribution in [0.4, 0.5) is 0 Å². The topological polar surface area (TPSA) is 101 Å². The molecule has 1 saturated carbocycles. The maximum absolute atomic E-state index is 13.2. The number of nitrogens with zero attached hydrogens (tertiary/aromatic N) is 5. The lowest BCUT2D eigenvalue weighted by Crippen LogP contribution is -2.44. The van der Waals surface area contributed by atoms with E-state index in [1.165, 1.54) is 6.42 Å². The van der Waals surface area contributed by atoms with E-state index in [0.717, 1.165) is 57.2 Å². The molecule has 2 fully saturated rings. The number of benzene rings is 1. The van der Waals surface area contributed by atoms with Crippen molar-refractivity contribution in [3.63, 3.8) is 0 Å². The van der Waals surface area contributed by atoms with Gasteiger partial charge in [-0.25, -0.2) is 14.5 Å². The van der Waals surface area contributed by atoms with Gasteiger partial charge >= 0.3 is 5.97 Å². The van der Waals surface area contributed by atoms with Crippen LogP contribution in [0.3, 0.4) is 0 Å². The van der Waals surface area contributed by atoms with Crippen molar-refractivity contribution in [2.24, 2.45) is 0 Å². The fraction of sp³-hybridized carbons (Fsp3) is 0.533. The van der Waals surface area contributed by atoms with Gasteiger partial charge < -0.3 is 19.6 Å². The first-order chi connectivity index (χ1) is 18.7. The van der Waals surface area contributed by atoms with E-state index in [9.17, 15) is 14.7 Å². The van der Waals surface area contributed by atoms with Crippen molar-refractivity contribution >= 4 is 22.9 Å². The van der Waals surface area contributed by atoms with E-state index in [4.69, 9.17) is 9.84 Å². The standard InChI is InChI=1S/C30H39N5O4/c1-19(2)39-28-26-24(18-25(30(37)38)31-27(26)35(32-28)23-8-6-5-7-9-23)20-10-12-21(13-11-20)29(36)34-16-14-22(15-17-34)33(3)4/h10-13,18-19,22-23H,5-9,14-17H2,1-4H3,(H,37,38). The van der Waals surface area contributed by atoms with Crippen LogP contribution in [-0.2, 0) is 0 Å². The number of pyridine rings is 1. The average molecular weight is 534 g/mol. The zero-order valence-electron chi connectivity index (χ0n) is 23.4. The summed E-state index contributed by atoms with van der Waals surface area (Å²) in [5.41, 5.74) is 2.62. The van der Waals surface area contributed by atoms with Gasteiger partial charge in [0, 0.05) is 30.3 Å². The molecule has 3 heterocycles. The quantitative estimate of drug-likeness (QED) is 0.442. The Kier molecular flexibility index (Phi) is 7.88. The number of carboxylic acids is 1. The molecule has 0 spiro atoms. The smallest absolute Gasteiger partial charge is 0.354 e. The number of carboxylic acid groups (broad SMARTS) is 1. The highest BCUT2D eigenvalue weighted by atomic mass is 16.5. The molecule has 2 aromatic heterocycles. The van der Waals surface area contributed by atoms with Gasteiger partial charge in [0.1, 0.15) is 0 Å². The van der Waals surface area contributed by atoms with Crippen LogP contribution < -0.4 is 4.74 Å². The van der Waals surface area contributed by atoms with Gasteiger partial charge in [-0.05, 0) is 77.4 Å². The number of carbonyl (C=O) groups is 2. The van der Waals surface area contributed by atoms with Crippen molar-refractivity contribution in [3.8, 4) is 17.0 Å². The van der Waals surface area contributed by atoms with Crippen LogP contribution in [0.2, 0.25) is 0 Å². The van der Waals surface area contributed by atoms with Gasteiger partial charge in [0.05, 0.1) is 17.5 Å². The third kappa shape index (κ3) is 5.64. The lowest BCUT2D eigenvalue weighted by atomic mass is 9.95. The van der Waals surface area contributed by atoms with Crippen molar-refractivity contribution < 1.29 is 19.4 Å². The monoisotopic (exact) mass is 533 g/mol. The first kappa shape index (κ1) is 27.1. The number of aromatic carboxylic acids is 1. The molecular weight excluding hydrogens is 494 g/mol. The number of hydrogen-bond donors (Lipinski definition) is 1. The Balaban J connectivity index is 1.53. The molecule has 0 atom stereocenters. The Bertz CT molecular complexity index is 1330. The largest absolute Gasteiger partial charge is 0.477 e. The maximum Gasteiger partial charge on any atom is 0.354 e. The molecule has 1 aliphatic heterocycles. The second kappa shape index (κ2) is 11.3. The SMILES string of the molecule is CC(C)Oc1nn(C2CCCCC2)c2nc(C(=O)O)cc(-c3ccc(C(=O)N4CCC(N(C)C)CC4)cc3)c12. The summed E-state index contributed by atoms with van der Waals surface area (Å²) in [6, 6.07) is 9.69. The lowest BCUT2D eigenvalue weighted by molar-refractivity contribution is 0.0661. The van der Waals surface area contributed by atoms with E-state index < -0.39 is 5.97 Å². The number of ether oxygens (including phenoxy) is 1. The van der Waals surface area contributed by atoms with Crippen LogP contribution in [0.5, 0.6) is 5.88 Å². The van der Waals surface area contributed by atoms with Crippen LogP contribution in [0.1, 0.15) is 85.7 Å². The van der Waals surface area contributed by atoms with E-state index in [2.05, 4.69) is 24.0 Å². The molecular formula is C30H39N5O4. The Morgan fingerprint density at radius 3 is 2.28 bits per heavy atom. The summed E-state index contributed by atoms with van der Waals surface area (Å²) in [6.45, 7) is 5.39. The number of hydrogen-bond acceptors (Lipinski definition) is 6. The Labute approximate surface area is 229 Å². The van der Waals surface area contributed by atoms with Crippen molar-refractivity contribution in [1.29, 1.82) is 0 Å². The molecule has 5 rings (SSSR count). The van der Waals surface area contributed by atoms with Crippen LogP contribution in [0, 0.1) is 0 Å². The minimum absolute atomic E-state index is 0.0267. The summed E-state index contributed by atoms with van der Waals surface area (Å²) < 4.78 is 8.03. The molecule has 3 aromatic rings. The summed E-state index contributed by atoms with van der Waals surface area (Å²) in [6.07, 6.45) is 7.21. The van der Waals surface area contributed by atoms with E-state index in [-0.39, 0.29) is 23.7 Å². The first-order valence-electron chi connectivity index (χ1n) is 14.1. The van der Waals surface area contributed by atoms with Crippen molar-refractivity contribution in [2.45, 2.75) is 77.0 Å². The summed E-state index contributed by atoms with van der Waals surface area (Å²) in [5.74, 6) is -0.596. The number of amides is 1. The zero-order valence-corrected chi connectivity index (χ0v) is 23.4. The molecule has 0 radical (unpaired) electrons. The van der Waals surface area contributed by atoms with Crippen LogP contribution in [-0.4, -0.2) is 80.9 Å². The number of rotatable bonds is 7. The number of carbonyl (C=O) groups excluding carboxylic acids is 1. The third-order valence-electron chi connectivity index (χ3n) is 8.04. The number of likely N-dealkylation sites (tertiary alicyclic amines) is 1. The summed E-state index contributed by atoms with van der Waals surface area (Å²) in [5, 5.41) is 15.5. The van der Waals surface area contributed by atoms with Gasteiger partial charge in [-0.3, -0.25) is 4.79 Å². The molecule has 1 saturated heterocycles. The molecule has 0 unspecified atom stereocenters. The number of piperidine rings is 1. The minimum atomic E-state index is -1.09. The number of fused-ring (bicyclic) bond motifs is 1. The Morgan fingerprint density at radius 2 is 1.69 bits per heavy atom. The molecule has 0 bridgehead atoms. The van der Waals surface area contributed by atoms with Crippen molar-refractivity contribution in [3.05, 3.63) is 41.6 Å². The van der Waals surface area contributed by atoms with Crippen LogP contribution in [0.15, 0.2) is 30.3 Å². The second-order valence-corrected chi connectivity index (χ2v) is 11.3. The number of aromatic nitrogens is 3. The lowest BCUT2D eigenvalue weighted by Gasteiger charge is -2.35. The fourth-order valence-electron chi connectivity index (χ4n) is 5.89. The van der Waals surface area contributed by atoms with Crippen LogP contribution in [0.25, 0.3) is 22.2 Å². The van der Waals surface area contributed by atoms with E-state index >= 15 is 0 Å². The van der Waals surface area contributed by atoms with E-state index in [0.29, 0.717) is 34.1 Å². The van der Waals surface area contributed by atoms with Gasteiger partial charge in [-0.1, -0.05) is 31.4 Å². The maximum atomic E-state index is 13.2. The highest BCUT2D eigenvalue weighted by Gasteiger charge is 2.28. The summed E-state index contributed by atoms with van der Waals surface area (Å²) in [4.78, 5) is 34.0. The van der Waals surface area contributed by atoms with Gasteiger partial charge in [-0.2, -0.15) is 0 Å². The Morgan fingerprint density at radius 1 is 1.03 bits per heavy atom. The van der Waals surface area contributed by atoms with Gasteiger partial charge in [0.15, 0.2) is 11.3 Å². The fourth-order valence-corrected chi connectivity index (χ4v) is 5.89.